The molecule has 0 saturated heterocycles. The van der Waals surface area contributed by atoms with Gasteiger partial charge in [0.15, 0.2) is 0 Å². The molecule has 0 aliphatic heterocycles. The molecular formula is C58H42. The van der Waals surface area contributed by atoms with Gasteiger partial charge < -0.3 is 0 Å². The molecule has 274 valence electrons. The van der Waals surface area contributed by atoms with E-state index in [1.165, 1.54) is 134 Å². The Bertz CT molecular complexity index is 2900. The molecule has 0 amide bonds. The van der Waals surface area contributed by atoms with Gasteiger partial charge in [0.2, 0.25) is 0 Å². The largest absolute Gasteiger partial charge is 0.0616 e. The summed E-state index contributed by atoms with van der Waals surface area (Å²) < 4.78 is 0. The van der Waals surface area contributed by atoms with Crippen LogP contribution >= 0.6 is 0 Å². The van der Waals surface area contributed by atoms with E-state index in [1.807, 2.05) is 0 Å². The molecule has 2 aliphatic rings. The lowest BCUT2D eigenvalue weighted by atomic mass is 9.78. The number of fused-ring (bicyclic) bond motifs is 16. The van der Waals surface area contributed by atoms with E-state index in [9.17, 15) is 0 Å². The molecule has 0 nitrogen and oxygen atoms in total. The lowest BCUT2D eigenvalue weighted by molar-refractivity contribution is 1.25. The van der Waals surface area contributed by atoms with Gasteiger partial charge in [-0.15, -0.1) is 0 Å². The predicted molar refractivity (Wildman–Crippen MR) is 247 cm³/mol. The summed E-state index contributed by atoms with van der Waals surface area (Å²) in [5.41, 5.74) is 30.9. The third kappa shape index (κ3) is 5.08. The van der Waals surface area contributed by atoms with Crippen molar-refractivity contribution in [3.63, 3.8) is 0 Å². The minimum Gasteiger partial charge on any atom is -0.0616 e. The van der Waals surface area contributed by atoms with Gasteiger partial charge in [-0.05, 0) is 173 Å². The Hall–Kier alpha value is -7.02. The molecule has 9 aromatic rings. The normalized spacial score (nSPS) is 11.8. The molecule has 0 heteroatoms. The van der Waals surface area contributed by atoms with Gasteiger partial charge in [0.25, 0.3) is 0 Å². The Labute approximate surface area is 341 Å². The van der Waals surface area contributed by atoms with Crippen molar-refractivity contribution < 1.29 is 0 Å². The van der Waals surface area contributed by atoms with Gasteiger partial charge in [-0.3, -0.25) is 0 Å². The molecule has 9 aromatic carbocycles. The summed E-state index contributed by atoms with van der Waals surface area (Å²) >= 11 is 0. The second-order valence-electron chi connectivity index (χ2n) is 16.0. The van der Waals surface area contributed by atoms with E-state index in [1.54, 1.807) is 0 Å². The fourth-order valence-corrected chi connectivity index (χ4v) is 10.2. The zero-order chi connectivity index (χ0) is 39.1. The number of hydrogen-bond acceptors (Lipinski definition) is 0. The number of benzene rings is 9. The Balaban J connectivity index is 1.10. The summed E-state index contributed by atoms with van der Waals surface area (Å²) in [6.45, 7) is 9.31. The maximum atomic E-state index is 2.46. The first-order valence-corrected chi connectivity index (χ1v) is 20.4. The molecule has 0 unspecified atom stereocenters. The first-order chi connectivity index (χ1) is 28.5. The predicted octanol–water partition coefficient (Wildman–Crippen LogP) is 16.2. The highest BCUT2D eigenvalue weighted by Gasteiger charge is 2.26. The Morgan fingerprint density at radius 3 is 0.569 bits per heavy atom. The van der Waals surface area contributed by atoms with Gasteiger partial charge in [0, 0.05) is 0 Å². The molecule has 0 fully saturated rings. The summed E-state index contributed by atoms with van der Waals surface area (Å²) in [5.74, 6) is 0. The number of rotatable bonds is 2. The van der Waals surface area contributed by atoms with E-state index in [0.717, 1.165) is 0 Å². The van der Waals surface area contributed by atoms with Crippen LogP contribution in [0.4, 0.5) is 0 Å². The van der Waals surface area contributed by atoms with Crippen LogP contribution in [0.5, 0.6) is 0 Å². The summed E-state index contributed by atoms with van der Waals surface area (Å²) in [5, 5.41) is 0. The van der Waals surface area contributed by atoms with Crippen LogP contribution in [-0.4, -0.2) is 0 Å². The molecular weight excluding hydrogens is 697 g/mol. The maximum absolute atomic E-state index is 2.46. The first kappa shape index (κ1) is 34.2. The molecule has 0 N–H and O–H groups in total. The second-order valence-corrected chi connectivity index (χ2v) is 16.0. The second kappa shape index (κ2) is 13.3. The molecule has 0 heterocycles. The van der Waals surface area contributed by atoms with E-state index < -0.39 is 0 Å². The van der Waals surface area contributed by atoms with Crippen LogP contribution in [-0.2, 0) is 0 Å². The fraction of sp³-hybridized carbons (Fsp3) is 0.0690. The van der Waals surface area contributed by atoms with Gasteiger partial charge in [-0.1, -0.05) is 170 Å². The highest BCUT2D eigenvalue weighted by Crippen LogP contribution is 2.51. The average Bonchev–Trinajstić information content (AvgIpc) is 3.27. The third-order valence-electron chi connectivity index (χ3n) is 13.1. The van der Waals surface area contributed by atoms with Crippen molar-refractivity contribution in [1.82, 2.24) is 0 Å². The molecule has 0 bridgehead atoms. The lowest BCUT2D eigenvalue weighted by Gasteiger charge is -2.26. The van der Waals surface area contributed by atoms with E-state index in [4.69, 9.17) is 0 Å². The van der Waals surface area contributed by atoms with Gasteiger partial charge >= 0.3 is 0 Å². The Morgan fingerprint density at radius 2 is 0.362 bits per heavy atom. The van der Waals surface area contributed by atoms with E-state index >= 15 is 0 Å². The van der Waals surface area contributed by atoms with E-state index in [2.05, 4.69) is 210 Å². The minimum atomic E-state index is 1.26. The SMILES string of the molecule is Cc1c(C)c(-c2ccc3c(c2)-c2ccccc2-c2ccccc2-c2ccccc2-3)c(C)c(C)c1-c1ccc2c(c1)-c1ccccc1-c1ccccc1-c1ccccc1-2. The van der Waals surface area contributed by atoms with Crippen molar-refractivity contribution in [3.05, 3.63) is 204 Å². The van der Waals surface area contributed by atoms with Crippen LogP contribution in [0.15, 0.2) is 182 Å². The molecule has 0 aromatic heterocycles. The molecule has 0 saturated carbocycles. The van der Waals surface area contributed by atoms with Gasteiger partial charge in [-0.2, -0.15) is 0 Å². The van der Waals surface area contributed by atoms with E-state index in [-0.39, 0.29) is 0 Å². The Kier molecular flexibility index (Phi) is 7.85. The van der Waals surface area contributed by atoms with Crippen molar-refractivity contribution in [2.45, 2.75) is 27.7 Å². The van der Waals surface area contributed by atoms with Crippen LogP contribution in [0.2, 0.25) is 0 Å². The zero-order valence-corrected chi connectivity index (χ0v) is 33.3. The molecule has 2 aliphatic carbocycles. The minimum absolute atomic E-state index is 1.26. The highest BCUT2D eigenvalue weighted by atomic mass is 14.3. The average molecular weight is 739 g/mol. The van der Waals surface area contributed by atoms with Crippen molar-refractivity contribution in [3.8, 4) is 111 Å². The van der Waals surface area contributed by atoms with Crippen molar-refractivity contribution in [1.29, 1.82) is 0 Å². The van der Waals surface area contributed by atoms with Gasteiger partial charge in [-0.25, -0.2) is 0 Å². The third-order valence-corrected chi connectivity index (χ3v) is 13.1. The van der Waals surface area contributed by atoms with Gasteiger partial charge in [0.05, 0.1) is 0 Å². The van der Waals surface area contributed by atoms with Crippen LogP contribution in [0.3, 0.4) is 0 Å². The maximum Gasteiger partial charge on any atom is -0.00928 e. The standard InChI is InChI=1S/C58H42/c1-35-36(2)58(40-30-32-54-50-26-12-10-22-46(50)42-18-6-8-20-44(42)48-24-14-16-28-52(48)56(54)34-40)38(4)37(3)57(35)39-29-31-53-49-25-11-9-21-45(49)41-17-5-7-19-43(41)47-23-13-15-27-51(47)55(53)33-39/h5-34H,1-4H3. The molecule has 0 spiro atoms. The van der Waals surface area contributed by atoms with Crippen molar-refractivity contribution in [2.75, 3.05) is 0 Å². The smallest absolute Gasteiger partial charge is 0.00928 e. The summed E-state index contributed by atoms with van der Waals surface area (Å²) in [6, 6.07) is 67.8. The molecule has 58 heavy (non-hydrogen) atoms. The molecule has 0 atom stereocenters. The molecule has 0 radical (unpaired) electrons. The highest BCUT2D eigenvalue weighted by molar-refractivity contribution is 6.06. The van der Waals surface area contributed by atoms with Crippen LogP contribution in [0, 0.1) is 27.7 Å². The van der Waals surface area contributed by atoms with Gasteiger partial charge in [0.1, 0.15) is 0 Å². The van der Waals surface area contributed by atoms with Crippen molar-refractivity contribution in [2.24, 2.45) is 0 Å². The van der Waals surface area contributed by atoms with Crippen LogP contribution < -0.4 is 0 Å². The zero-order valence-electron chi connectivity index (χ0n) is 33.3. The fourth-order valence-electron chi connectivity index (χ4n) is 10.2. The quantitative estimate of drug-likeness (QED) is 0.166. The van der Waals surface area contributed by atoms with Crippen LogP contribution in [0.1, 0.15) is 22.3 Å². The van der Waals surface area contributed by atoms with Crippen molar-refractivity contribution >= 4 is 0 Å². The summed E-state index contributed by atoms with van der Waals surface area (Å²) in [7, 11) is 0. The summed E-state index contributed by atoms with van der Waals surface area (Å²) in [4.78, 5) is 0. The Morgan fingerprint density at radius 1 is 0.190 bits per heavy atom. The molecule has 11 rings (SSSR count). The number of hydrogen-bond donors (Lipinski definition) is 0. The summed E-state index contributed by atoms with van der Waals surface area (Å²) in [6.07, 6.45) is 0. The topological polar surface area (TPSA) is 0 Å². The lowest BCUT2D eigenvalue weighted by Crippen LogP contribution is -2.02. The first-order valence-electron chi connectivity index (χ1n) is 20.4. The van der Waals surface area contributed by atoms with E-state index in [0.29, 0.717) is 0 Å². The monoisotopic (exact) mass is 738 g/mol. The van der Waals surface area contributed by atoms with Crippen LogP contribution in [0.25, 0.3) is 111 Å².